The van der Waals surface area contributed by atoms with E-state index in [2.05, 4.69) is 40.3 Å². The zero-order valence-electron chi connectivity index (χ0n) is 13.4. The third kappa shape index (κ3) is 3.91. The molecule has 2 heterocycles. The van der Waals surface area contributed by atoms with Gasteiger partial charge in [0.1, 0.15) is 5.82 Å². The van der Waals surface area contributed by atoms with E-state index in [9.17, 15) is 0 Å². The second-order valence-electron chi connectivity index (χ2n) is 5.82. The number of anilines is 2. The lowest BCUT2D eigenvalue weighted by molar-refractivity contribution is 0.0908. The largest absolute Gasteiger partial charge is 0.372 e. The fourth-order valence-electron chi connectivity index (χ4n) is 2.22. The molecular formula is C15H25N5O. The summed E-state index contributed by atoms with van der Waals surface area (Å²) in [6.07, 6.45) is 3.01. The van der Waals surface area contributed by atoms with Crippen molar-refractivity contribution in [1.29, 1.82) is 0 Å². The third-order valence-electron chi connectivity index (χ3n) is 3.42. The average Bonchev–Trinajstić information content (AvgIpc) is 2.93. The van der Waals surface area contributed by atoms with E-state index in [-0.39, 0.29) is 12.0 Å². The van der Waals surface area contributed by atoms with Gasteiger partial charge >= 0.3 is 0 Å². The Labute approximate surface area is 126 Å². The number of nitrogens with zero attached hydrogens (tertiary/aromatic N) is 5. The van der Waals surface area contributed by atoms with E-state index < -0.39 is 0 Å². The molecule has 1 aliphatic heterocycles. The van der Waals surface area contributed by atoms with Crippen molar-refractivity contribution in [3.8, 4) is 0 Å². The Morgan fingerprint density at radius 1 is 1.38 bits per heavy atom. The Balaban J connectivity index is 2.17. The van der Waals surface area contributed by atoms with E-state index in [0.29, 0.717) is 12.6 Å². The van der Waals surface area contributed by atoms with Gasteiger partial charge in [0.05, 0.1) is 12.7 Å². The highest BCUT2D eigenvalue weighted by Crippen LogP contribution is 2.22. The summed E-state index contributed by atoms with van der Waals surface area (Å²) >= 11 is 0. The van der Waals surface area contributed by atoms with Crippen LogP contribution in [-0.4, -0.2) is 54.8 Å². The second-order valence-corrected chi connectivity index (χ2v) is 5.82. The maximum atomic E-state index is 5.72. The smallest absolute Gasteiger partial charge is 0.230 e. The summed E-state index contributed by atoms with van der Waals surface area (Å²) in [5, 5.41) is 0. The minimum Gasteiger partial charge on any atom is -0.372 e. The van der Waals surface area contributed by atoms with Crippen LogP contribution in [0, 0.1) is 0 Å². The summed E-state index contributed by atoms with van der Waals surface area (Å²) in [6, 6.07) is 0. The van der Waals surface area contributed by atoms with E-state index in [1.807, 2.05) is 19.0 Å². The molecule has 21 heavy (non-hydrogen) atoms. The minimum atomic E-state index is 0.227. The maximum Gasteiger partial charge on any atom is 0.230 e. The number of hydrogen-bond acceptors (Lipinski definition) is 6. The molecule has 0 N–H and O–H groups in total. The van der Waals surface area contributed by atoms with Gasteiger partial charge in [0.2, 0.25) is 11.9 Å². The van der Waals surface area contributed by atoms with Gasteiger partial charge in [-0.1, -0.05) is 19.9 Å². The standard InChI is InChI=1S/C15H25N5O/c1-6-9-21-12-7-8-20(10-12)15-17-13(11(2)3)16-14(18-15)19(4)5/h6,11-12H,1,7-10H2,2-5H3. The summed E-state index contributed by atoms with van der Waals surface area (Å²) in [7, 11) is 3.90. The van der Waals surface area contributed by atoms with Gasteiger partial charge in [-0.25, -0.2) is 0 Å². The molecule has 2 rings (SSSR count). The van der Waals surface area contributed by atoms with E-state index in [0.717, 1.165) is 31.3 Å². The van der Waals surface area contributed by atoms with Gasteiger partial charge in [0, 0.05) is 33.1 Å². The molecule has 0 saturated carbocycles. The van der Waals surface area contributed by atoms with Crippen LogP contribution in [0.3, 0.4) is 0 Å². The lowest BCUT2D eigenvalue weighted by Gasteiger charge is -2.20. The molecular weight excluding hydrogens is 266 g/mol. The van der Waals surface area contributed by atoms with Crippen LogP contribution in [0.25, 0.3) is 0 Å². The molecule has 116 valence electrons. The predicted molar refractivity (Wildman–Crippen MR) is 85.0 cm³/mol. The molecule has 1 aromatic heterocycles. The predicted octanol–water partition coefficient (Wildman–Crippen LogP) is 1.84. The summed E-state index contributed by atoms with van der Waals surface area (Å²) < 4.78 is 5.72. The van der Waals surface area contributed by atoms with Crippen molar-refractivity contribution >= 4 is 11.9 Å². The summed E-state index contributed by atoms with van der Waals surface area (Å²) in [5.41, 5.74) is 0. The van der Waals surface area contributed by atoms with Gasteiger partial charge in [0.15, 0.2) is 0 Å². The highest BCUT2D eigenvalue weighted by Gasteiger charge is 2.26. The van der Waals surface area contributed by atoms with Gasteiger partial charge in [-0.05, 0) is 6.42 Å². The van der Waals surface area contributed by atoms with Crippen LogP contribution in [0.5, 0.6) is 0 Å². The molecule has 1 unspecified atom stereocenters. The minimum absolute atomic E-state index is 0.227. The highest BCUT2D eigenvalue weighted by atomic mass is 16.5. The molecule has 0 amide bonds. The molecule has 0 spiro atoms. The van der Waals surface area contributed by atoms with Crippen LogP contribution in [0.4, 0.5) is 11.9 Å². The Morgan fingerprint density at radius 2 is 2.14 bits per heavy atom. The first kappa shape index (κ1) is 15.7. The van der Waals surface area contributed by atoms with Crippen molar-refractivity contribution in [3.05, 3.63) is 18.5 Å². The number of hydrogen-bond donors (Lipinski definition) is 0. The molecule has 6 heteroatoms. The van der Waals surface area contributed by atoms with E-state index in [1.165, 1.54) is 0 Å². The van der Waals surface area contributed by atoms with Crippen molar-refractivity contribution in [1.82, 2.24) is 15.0 Å². The zero-order chi connectivity index (χ0) is 15.4. The molecule has 0 aliphatic carbocycles. The average molecular weight is 291 g/mol. The fraction of sp³-hybridized carbons (Fsp3) is 0.667. The molecule has 1 saturated heterocycles. The van der Waals surface area contributed by atoms with Crippen molar-refractivity contribution in [2.24, 2.45) is 0 Å². The summed E-state index contributed by atoms with van der Waals surface area (Å²) in [4.78, 5) is 17.8. The SMILES string of the molecule is C=CCOC1CCN(c2nc(C(C)C)nc(N(C)C)n2)C1. The van der Waals surface area contributed by atoms with Crippen LogP contribution in [-0.2, 0) is 4.74 Å². The Hall–Kier alpha value is -1.69. The Morgan fingerprint density at radius 3 is 2.76 bits per heavy atom. The van der Waals surface area contributed by atoms with Gasteiger partial charge in [0.25, 0.3) is 0 Å². The number of ether oxygens (including phenoxy) is 1. The van der Waals surface area contributed by atoms with Crippen LogP contribution in [0.2, 0.25) is 0 Å². The lowest BCUT2D eigenvalue weighted by atomic mass is 10.2. The molecule has 0 radical (unpaired) electrons. The molecule has 1 fully saturated rings. The first-order chi connectivity index (χ1) is 10.0. The van der Waals surface area contributed by atoms with Gasteiger partial charge < -0.3 is 14.5 Å². The first-order valence-electron chi connectivity index (χ1n) is 7.42. The second kappa shape index (κ2) is 6.85. The number of rotatable bonds is 6. The van der Waals surface area contributed by atoms with Gasteiger partial charge in [-0.3, -0.25) is 0 Å². The van der Waals surface area contributed by atoms with E-state index in [1.54, 1.807) is 6.08 Å². The molecule has 1 aliphatic rings. The molecule has 0 bridgehead atoms. The molecule has 1 aromatic rings. The van der Waals surface area contributed by atoms with Crippen molar-refractivity contribution < 1.29 is 4.74 Å². The highest BCUT2D eigenvalue weighted by molar-refractivity contribution is 5.39. The third-order valence-corrected chi connectivity index (χ3v) is 3.42. The molecule has 0 aromatic carbocycles. The summed E-state index contributed by atoms with van der Waals surface area (Å²) in [6.45, 7) is 10.2. The van der Waals surface area contributed by atoms with Crippen molar-refractivity contribution in [3.63, 3.8) is 0 Å². The lowest BCUT2D eigenvalue weighted by Crippen LogP contribution is -2.27. The first-order valence-corrected chi connectivity index (χ1v) is 7.42. The quantitative estimate of drug-likeness (QED) is 0.746. The molecule has 6 nitrogen and oxygen atoms in total. The topological polar surface area (TPSA) is 54.4 Å². The van der Waals surface area contributed by atoms with Gasteiger partial charge in [-0.2, -0.15) is 15.0 Å². The summed E-state index contributed by atoms with van der Waals surface area (Å²) in [5.74, 6) is 2.57. The monoisotopic (exact) mass is 291 g/mol. The Bertz CT molecular complexity index is 463. The zero-order valence-corrected chi connectivity index (χ0v) is 13.4. The fourth-order valence-corrected chi connectivity index (χ4v) is 2.22. The van der Waals surface area contributed by atoms with E-state index in [4.69, 9.17) is 4.74 Å². The van der Waals surface area contributed by atoms with E-state index >= 15 is 0 Å². The van der Waals surface area contributed by atoms with Crippen molar-refractivity contribution in [2.75, 3.05) is 43.6 Å². The van der Waals surface area contributed by atoms with Crippen molar-refractivity contribution in [2.45, 2.75) is 32.3 Å². The van der Waals surface area contributed by atoms with Crippen LogP contribution in [0.15, 0.2) is 12.7 Å². The van der Waals surface area contributed by atoms with Crippen LogP contribution < -0.4 is 9.80 Å². The van der Waals surface area contributed by atoms with Crippen LogP contribution >= 0.6 is 0 Å². The maximum absolute atomic E-state index is 5.72. The number of aromatic nitrogens is 3. The normalized spacial score (nSPS) is 18.3. The molecule has 1 atom stereocenters. The van der Waals surface area contributed by atoms with Crippen LogP contribution in [0.1, 0.15) is 32.0 Å². The van der Waals surface area contributed by atoms with Gasteiger partial charge in [-0.15, -0.1) is 6.58 Å². The Kier molecular flexibility index (Phi) is 5.12.